The van der Waals surface area contributed by atoms with Crippen LogP contribution in [0.15, 0.2) is 4.52 Å². The molecule has 1 aromatic rings. The van der Waals surface area contributed by atoms with E-state index in [1.54, 1.807) is 0 Å². The van der Waals surface area contributed by atoms with Crippen LogP contribution in [0, 0.1) is 5.92 Å². The Morgan fingerprint density at radius 2 is 2.21 bits per heavy atom. The highest BCUT2D eigenvalue weighted by Gasteiger charge is 2.34. The fraction of sp³-hybridized carbons (Fsp3) is 0.857. The molecule has 0 saturated carbocycles. The van der Waals surface area contributed by atoms with Crippen LogP contribution >= 0.6 is 0 Å². The Morgan fingerprint density at radius 3 is 2.89 bits per heavy atom. The van der Waals surface area contributed by atoms with Crippen molar-refractivity contribution in [2.24, 2.45) is 5.92 Å². The van der Waals surface area contributed by atoms with E-state index in [4.69, 9.17) is 4.52 Å². The third-order valence-corrected chi connectivity index (χ3v) is 4.15. The first-order valence-corrected chi connectivity index (χ1v) is 7.31. The van der Waals surface area contributed by atoms with Crippen molar-refractivity contribution in [2.45, 2.75) is 51.6 Å². The number of fused-ring (bicyclic) bond motifs is 1. The smallest absolute Gasteiger partial charge is 0.232 e. The average Bonchev–Trinajstić information content (AvgIpc) is 2.94. The van der Waals surface area contributed by atoms with E-state index in [0.717, 1.165) is 37.3 Å². The Hall–Kier alpha value is -0.940. The molecule has 2 atom stereocenters. The molecule has 5 heteroatoms. The lowest BCUT2D eigenvalue weighted by Crippen LogP contribution is -2.40. The largest absolute Gasteiger partial charge is 0.339 e. The van der Waals surface area contributed by atoms with Crippen molar-refractivity contribution < 1.29 is 4.52 Å². The number of nitrogens with one attached hydrogen (secondary N) is 1. The minimum atomic E-state index is -0.0637. The molecule has 2 aliphatic rings. The van der Waals surface area contributed by atoms with Gasteiger partial charge in [-0.25, -0.2) is 0 Å². The molecule has 106 valence electrons. The summed E-state index contributed by atoms with van der Waals surface area (Å²) in [5.41, 5.74) is -0.0637. The fourth-order valence-corrected chi connectivity index (χ4v) is 3.09. The summed E-state index contributed by atoms with van der Waals surface area (Å²) in [6, 6.07) is 0.669. The van der Waals surface area contributed by atoms with Gasteiger partial charge in [-0.05, 0) is 25.3 Å². The Labute approximate surface area is 114 Å². The van der Waals surface area contributed by atoms with Gasteiger partial charge in [0.25, 0.3) is 0 Å². The molecule has 1 N–H and O–H groups in total. The van der Waals surface area contributed by atoms with Crippen molar-refractivity contribution in [3.63, 3.8) is 0 Å². The normalized spacial score (nSPS) is 28.6. The highest BCUT2D eigenvalue weighted by molar-refractivity contribution is 4.99. The van der Waals surface area contributed by atoms with Crippen LogP contribution in [-0.4, -0.2) is 40.7 Å². The summed E-state index contributed by atoms with van der Waals surface area (Å²) in [5, 5.41) is 7.74. The predicted octanol–water partition coefficient (Wildman–Crippen LogP) is 1.55. The minimum absolute atomic E-state index is 0.0637. The topological polar surface area (TPSA) is 54.2 Å². The summed E-state index contributed by atoms with van der Waals surface area (Å²) in [6.45, 7) is 10.6. The molecular formula is C14H24N4O. The number of nitrogens with zero attached hydrogens (tertiary/aromatic N) is 3. The van der Waals surface area contributed by atoms with Crippen LogP contribution in [0.25, 0.3) is 0 Å². The van der Waals surface area contributed by atoms with Gasteiger partial charge in [-0.2, -0.15) is 4.98 Å². The van der Waals surface area contributed by atoms with Gasteiger partial charge in [0.15, 0.2) is 5.82 Å². The van der Waals surface area contributed by atoms with Gasteiger partial charge in [0.05, 0.1) is 6.54 Å². The van der Waals surface area contributed by atoms with Gasteiger partial charge >= 0.3 is 0 Å². The molecule has 5 nitrogen and oxygen atoms in total. The third-order valence-electron chi connectivity index (χ3n) is 4.15. The third kappa shape index (κ3) is 2.82. The zero-order valence-electron chi connectivity index (χ0n) is 12.1. The maximum absolute atomic E-state index is 5.35. The molecule has 0 unspecified atom stereocenters. The quantitative estimate of drug-likeness (QED) is 0.878. The van der Waals surface area contributed by atoms with Crippen LogP contribution in [0.4, 0.5) is 0 Å². The molecule has 3 heterocycles. The first-order valence-electron chi connectivity index (χ1n) is 7.31. The lowest BCUT2D eigenvalue weighted by molar-refractivity contribution is 0.289. The molecule has 0 radical (unpaired) electrons. The minimum Gasteiger partial charge on any atom is -0.339 e. The molecule has 0 spiro atoms. The number of hydrogen-bond donors (Lipinski definition) is 1. The van der Waals surface area contributed by atoms with Crippen molar-refractivity contribution in [2.75, 3.05) is 19.6 Å². The Balaban J connectivity index is 1.61. The van der Waals surface area contributed by atoms with Crippen molar-refractivity contribution in [1.82, 2.24) is 20.4 Å². The maximum Gasteiger partial charge on any atom is 0.232 e. The summed E-state index contributed by atoms with van der Waals surface area (Å²) >= 11 is 0. The first-order chi connectivity index (χ1) is 9.02. The van der Waals surface area contributed by atoms with Gasteiger partial charge in [-0.3, -0.25) is 4.90 Å². The number of likely N-dealkylation sites (tertiary alicyclic amines) is 1. The SMILES string of the molecule is CC(C)(C)c1nc(CN2C[C@@H]3CCCN[C@@H]3C2)no1. The molecular weight excluding hydrogens is 240 g/mol. The van der Waals surface area contributed by atoms with Crippen LogP contribution in [0.1, 0.15) is 45.3 Å². The van der Waals surface area contributed by atoms with E-state index < -0.39 is 0 Å². The van der Waals surface area contributed by atoms with Gasteiger partial charge in [0, 0.05) is 24.5 Å². The maximum atomic E-state index is 5.35. The Morgan fingerprint density at radius 1 is 1.37 bits per heavy atom. The van der Waals surface area contributed by atoms with Crippen molar-refractivity contribution >= 4 is 0 Å². The van der Waals surface area contributed by atoms with Gasteiger partial charge in [0.2, 0.25) is 5.89 Å². The molecule has 1 aromatic heterocycles. The van der Waals surface area contributed by atoms with E-state index in [2.05, 4.69) is 41.1 Å². The second kappa shape index (κ2) is 4.87. The second-order valence-corrected chi connectivity index (χ2v) is 6.92. The predicted molar refractivity (Wildman–Crippen MR) is 72.8 cm³/mol. The molecule has 2 fully saturated rings. The van der Waals surface area contributed by atoms with Gasteiger partial charge in [0.1, 0.15) is 0 Å². The van der Waals surface area contributed by atoms with Crippen molar-refractivity contribution in [3.8, 4) is 0 Å². The van der Waals surface area contributed by atoms with Crippen molar-refractivity contribution in [1.29, 1.82) is 0 Å². The molecule has 19 heavy (non-hydrogen) atoms. The molecule has 3 rings (SSSR count). The number of rotatable bonds is 2. The summed E-state index contributed by atoms with van der Waals surface area (Å²) in [6.07, 6.45) is 2.67. The summed E-state index contributed by atoms with van der Waals surface area (Å²) in [4.78, 5) is 6.97. The lowest BCUT2D eigenvalue weighted by Gasteiger charge is -2.24. The monoisotopic (exact) mass is 264 g/mol. The van der Waals surface area contributed by atoms with E-state index in [-0.39, 0.29) is 5.41 Å². The number of hydrogen-bond acceptors (Lipinski definition) is 5. The lowest BCUT2D eigenvalue weighted by atomic mass is 9.94. The van der Waals surface area contributed by atoms with E-state index in [1.807, 2.05) is 0 Å². The number of piperidine rings is 1. The molecule has 0 bridgehead atoms. The van der Waals surface area contributed by atoms with Crippen LogP contribution in [-0.2, 0) is 12.0 Å². The highest BCUT2D eigenvalue weighted by atomic mass is 16.5. The van der Waals surface area contributed by atoms with Gasteiger partial charge in [-0.1, -0.05) is 25.9 Å². The van der Waals surface area contributed by atoms with Gasteiger partial charge < -0.3 is 9.84 Å². The van der Waals surface area contributed by atoms with Crippen LogP contribution < -0.4 is 5.32 Å². The summed E-state index contributed by atoms with van der Waals surface area (Å²) in [5.74, 6) is 2.36. The average molecular weight is 264 g/mol. The van der Waals surface area contributed by atoms with Crippen LogP contribution in [0.3, 0.4) is 0 Å². The summed E-state index contributed by atoms with van der Waals surface area (Å²) in [7, 11) is 0. The highest BCUT2D eigenvalue weighted by Crippen LogP contribution is 2.26. The second-order valence-electron chi connectivity index (χ2n) is 6.92. The Kier molecular flexibility index (Phi) is 3.35. The zero-order chi connectivity index (χ0) is 13.5. The van der Waals surface area contributed by atoms with Crippen LogP contribution in [0.2, 0.25) is 0 Å². The number of aromatic nitrogens is 2. The van der Waals surface area contributed by atoms with Gasteiger partial charge in [-0.15, -0.1) is 0 Å². The Bertz CT molecular complexity index is 423. The molecule has 0 aromatic carbocycles. The standard InChI is InChI=1S/C14H24N4O/c1-14(2,3)13-16-12(17-19-13)9-18-7-10-5-4-6-15-11(10)8-18/h10-11,15H,4-9H2,1-3H3/t10-,11+/m0/s1. The first kappa shape index (κ1) is 13.1. The van der Waals surface area contributed by atoms with Crippen molar-refractivity contribution in [3.05, 3.63) is 11.7 Å². The summed E-state index contributed by atoms with van der Waals surface area (Å²) < 4.78 is 5.35. The fourth-order valence-electron chi connectivity index (χ4n) is 3.09. The molecule has 2 saturated heterocycles. The van der Waals surface area contributed by atoms with E-state index >= 15 is 0 Å². The molecule has 0 aliphatic carbocycles. The zero-order valence-corrected chi connectivity index (χ0v) is 12.1. The van der Waals surface area contributed by atoms with Crippen LogP contribution in [0.5, 0.6) is 0 Å². The van der Waals surface area contributed by atoms with E-state index in [0.29, 0.717) is 6.04 Å². The molecule has 0 amide bonds. The van der Waals surface area contributed by atoms with E-state index in [1.165, 1.54) is 19.4 Å². The van der Waals surface area contributed by atoms with E-state index in [9.17, 15) is 0 Å². The molecule has 2 aliphatic heterocycles.